The van der Waals surface area contributed by atoms with E-state index in [1.54, 1.807) is 6.20 Å². The van der Waals surface area contributed by atoms with Gasteiger partial charge in [-0.15, -0.1) is 0 Å². The number of allylic oxidation sites excluding steroid dienone is 2. The van der Waals surface area contributed by atoms with Gasteiger partial charge in [-0.1, -0.05) is 19.1 Å². The quantitative estimate of drug-likeness (QED) is 0.555. The summed E-state index contributed by atoms with van der Waals surface area (Å²) in [5, 5.41) is 2.71. The Labute approximate surface area is 94.3 Å². The molecule has 4 heteroatoms. The fourth-order valence-corrected chi connectivity index (χ4v) is 2.59. The first kappa shape index (κ1) is 10.9. The lowest BCUT2D eigenvalue weighted by atomic mass is 9.56. The van der Waals surface area contributed by atoms with Crippen LogP contribution in [-0.2, 0) is 14.3 Å². The highest BCUT2D eigenvalue weighted by Gasteiger charge is 2.50. The summed E-state index contributed by atoms with van der Waals surface area (Å²) in [6, 6.07) is 0. The van der Waals surface area contributed by atoms with Crippen molar-refractivity contribution in [3.8, 4) is 0 Å². The van der Waals surface area contributed by atoms with Crippen LogP contribution in [0.5, 0.6) is 0 Å². The van der Waals surface area contributed by atoms with E-state index in [0.29, 0.717) is 0 Å². The molecule has 0 spiro atoms. The molecule has 16 heavy (non-hydrogen) atoms. The Balaban J connectivity index is 2.06. The largest absolute Gasteiger partial charge is 0.466 e. The maximum Gasteiger partial charge on any atom is 0.330 e. The van der Waals surface area contributed by atoms with Gasteiger partial charge in [0.1, 0.15) is 0 Å². The lowest BCUT2D eigenvalue weighted by Gasteiger charge is -2.48. The summed E-state index contributed by atoms with van der Waals surface area (Å²) in [4.78, 5) is 22.5. The van der Waals surface area contributed by atoms with Crippen LogP contribution in [0, 0.1) is 23.7 Å². The number of hydrogen-bond acceptors (Lipinski definition) is 3. The highest BCUT2D eigenvalue weighted by atomic mass is 16.5. The highest BCUT2D eigenvalue weighted by molar-refractivity contribution is 5.84. The Kier molecular flexibility index (Phi) is 2.81. The van der Waals surface area contributed by atoms with E-state index in [1.165, 1.54) is 13.2 Å². The van der Waals surface area contributed by atoms with Crippen molar-refractivity contribution in [2.45, 2.75) is 6.92 Å². The number of carbonyl (C=O) groups excluding carboxylic acids is 2. The second-order valence-corrected chi connectivity index (χ2v) is 4.29. The van der Waals surface area contributed by atoms with Crippen LogP contribution in [-0.4, -0.2) is 19.0 Å². The van der Waals surface area contributed by atoms with Crippen LogP contribution in [0.15, 0.2) is 24.4 Å². The van der Waals surface area contributed by atoms with Crippen molar-refractivity contribution < 1.29 is 14.3 Å². The molecule has 0 aromatic carbocycles. The molecule has 2 rings (SSSR count). The third-order valence-corrected chi connectivity index (χ3v) is 3.54. The fourth-order valence-electron chi connectivity index (χ4n) is 2.59. The second-order valence-electron chi connectivity index (χ2n) is 4.29. The predicted octanol–water partition coefficient (Wildman–Crippen LogP) is 0.857. The molecule has 4 nitrogen and oxygen atoms in total. The summed E-state index contributed by atoms with van der Waals surface area (Å²) in [6.45, 7) is 2.03. The minimum absolute atomic E-state index is 0.0531. The topological polar surface area (TPSA) is 55.4 Å². The van der Waals surface area contributed by atoms with E-state index in [4.69, 9.17) is 0 Å². The number of fused-ring (bicyclic) bond motifs is 1. The first-order chi connectivity index (χ1) is 7.65. The van der Waals surface area contributed by atoms with E-state index in [2.05, 4.69) is 10.1 Å². The van der Waals surface area contributed by atoms with Crippen molar-refractivity contribution in [1.82, 2.24) is 5.32 Å². The van der Waals surface area contributed by atoms with E-state index in [0.717, 1.165) is 0 Å². The molecule has 1 amide bonds. The van der Waals surface area contributed by atoms with Crippen LogP contribution >= 0.6 is 0 Å². The summed E-state index contributed by atoms with van der Waals surface area (Å²) >= 11 is 0. The number of esters is 1. The highest BCUT2D eigenvalue weighted by Crippen LogP contribution is 2.48. The van der Waals surface area contributed by atoms with Crippen LogP contribution in [0.2, 0.25) is 0 Å². The standard InChI is InChI=1S/C12H15NO3/c1-7-8(3-4-10(14)16-2)9-5-6-13-12(15)11(7)9/h3-9,11H,1-2H3,(H,13,15)/b4-3+/t7-,8-,9?,11?/m1/s1. The molecule has 0 saturated heterocycles. The Bertz CT molecular complexity index is 372. The molecular weight excluding hydrogens is 206 g/mol. The van der Waals surface area contributed by atoms with E-state index < -0.39 is 0 Å². The molecule has 0 bridgehead atoms. The monoisotopic (exact) mass is 221 g/mol. The molecule has 86 valence electrons. The third-order valence-electron chi connectivity index (χ3n) is 3.54. The summed E-state index contributed by atoms with van der Waals surface area (Å²) < 4.78 is 4.54. The Hall–Kier alpha value is -1.58. The van der Waals surface area contributed by atoms with E-state index in [1.807, 2.05) is 19.1 Å². The van der Waals surface area contributed by atoms with Crippen LogP contribution in [0.4, 0.5) is 0 Å². The minimum Gasteiger partial charge on any atom is -0.466 e. The summed E-state index contributed by atoms with van der Waals surface area (Å²) in [7, 11) is 1.35. The fraction of sp³-hybridized carbons (Fsp3) is 0.500. The first-order valence-electron chi connectivity index (χ1n) is 5.38. The normalized spacial score (nSPS) is 36.5. The first-order valence-corrected chi connectivity index (χ1v) is 5.38. The van der Waals surface area contributed by atoms with Crippen LogP contribution in [0.25, 0.3) is 0 Å². The number of rotatable bonds is 2. The molecule has 0 aromatic rings. The van der Waals surface area contributed by atoms with Gasteiger partial charge in [0, 0.05) is 18.2 Å². The van der Waals surface area contributed by atoms with E-state index in [9.17, 15) is 9.59 Å². The van der Waals surface area contributed by atoms with Crippen LogP contribution in [0.3, 0.4) is 0 Å². The van der Waals surface area contributed by atoms with Gasteiger partial charge >= 0.3 is 5.97 Å². The average Bonchev–Trinajstić information content (AvgIpc) is 2.28. The van der Waals surface area contributed by atoms with E-state index in [-0.39, 0.29) is 35.5 Å². The Morgan fingerprint density at radius 3 is 3.00 bits per heavy atom. The lowest BCUT2D eigenvalue weighted by Crippen LogP contribution is -2.53. The van der Waals surface area contributed by atoms with Crippen molar-refractivity contribution in [3.05, 3.63) is 24.4 Å². The zero-order valence-electron chi connectivity index (χ0n) is 9.34. The van der Waals surface area contributed by atoms with Crippen molar-refractivity contribution in [2.75, 3.05) is 7.11 Å². The average molecular weight is 221 g/mol. The zero-order chi connectivity index (χ0) is 11.7. The van der Waals surface area contributed by atoms with E-state index >= 15 is 0 Å². The zero-order valence-corrected chi connectivity index (χ0v) is 9.34. The molecule has 1 aliphatic heterocycles. The SMILES string of the molecule is COC(=O)/C=C/[C@H]1C2C=CNC(=O)C2[C@@H]1C. The van der Waals surface area contributed by atoms with Gasteiger partial charge in [0.15, 0.2) is 0 Å². The number of nitrogens with one attached hydrogen (secondary N) is 1. The van der Waals surface area contributed by atoms with Crippen molar-refractivity contribution in [3.63, 3.8) is 0 Å². The van der Waals surface area contributed by atoms with Crippen LogP contribution < -0.4 is 5.32 Å². The molecule has 2 unspecified atom stereocenters. The van der Waals surface area contributed by atoms with Gasteiger partial charge in [0.2, 0.25) is 5.91 Å². The number of amides is 1. The lowest BCUT2D eigenvalue weighted by molar-refractivity contribution is -0.135. The molecule has 1 heterocycles. The number of ether oxygens (including phenoxy) is 1. The molecular formula is C12H15NO3. The van der Waals surface area contributed by atoms with Crippen molar-refractivity contribution >= 4 is 11.9 Å². The molecule has 1 fully saturated rings. The molecule has 0 aromatic heterocycles. The Morgan fingerprint density at radius 2 is 2.31 bits per heavy atom. The molecule has 4 atom stereocenters. The maximum absolute atomic E-state index is 11.5. The van der Waals surface area contributed by atoms with Crippen LogP contribution in [0.1, 0.15) is 6.92 Å². The summed E-state index contributed by atoms with van der Waals surface area (Å²) in [6.07, 6.45) is 6.98. The predicted molar refractivity (Wildman–Crippen MR) is 58.1 cm³/mol. The van der Waals surface area contributed by atoms with Crippen molar-refractivity contribution in [2.24, 2.45) is 23.7 Å². The minimum atomic E-state index is -0.347. The molecule has 1 saturated carbocycles. The molecule has 0 radical (unpaired) electrons. The van der Waals surface area contributed by atoms with Gasteiger partial charge in [-0.25, -0.2) is 4.79 Å². The smallest absolute Gasteiger partial charge is 0.330 e. The molecule has 1 N–H and O–H groups in total. The second kappa shape index (κ2) is 4.12. The van der Waals surface area contributed by atoms with Gasteiger partial charge in [-0.05, 0) is 17.8 Å². The van der Waals surface area contributed by atoms with Gasteiger partial charge in [-0.2, -0.15) is 0 Å². The summed E-state index contributed by atoms with van der Waals surface area (Å²) in [5.41, 5.74) is 0. The van der Waals surface area contributed by atoms with Gasteiger partial charge in [0.25, 0.3) is 0 Å². The number of methoxy groups -OCH3 is 1. The third kappa shape index (κ3) is 1.64. The molecule has 1 aliphatic carbocycles. The van der Waals surface area contributed by atoms with Gasteiger partial charge < -0.3 is 10.1 Å². The number of hydrogen-bond donors (Lipinski definition) is 1. The van der Waals surface area contributed by atoms with Gasteiger partial charge in [0.05, 0.1) is 7.11 Å². The maximum atomic E-state index is 11.5. The number of carbonyl (C=O) groups is 2. The Morgan fingerprint density at radius 1 is 1.56 bits per heavy atom. The van der Waals surface area contributed by atoms with Crippen molar-refractivity contribution in [1.29, 1.82) is 0 Å². The molecule has 2 aliphatic rings. The van der Waals surface area contributed by atoms with Gasteiger partial charge in [-0.3, -0.25) is 4.79 Å². The summed E-state index contributed by atoms with van der Waals surface area (Å²) in [5.74, 6) is 0.548.